The summed E-state index contributed by atoms with van der Waals surface area (Å²) in [6.45, 7) is 1.06. The predicted molar refractivity (Wildman–Crippen MR) is 73.9 cm³/mol. The van der Waals surface area contributed by atoms with Crippen molar-refractivity contribution in [2.75, 3.05) is 6.61 Å². The first-order chi connectivity index (χ1) is 9.65. The zero-order valence-electron chi connectivity index (χ0n) is 11.2. The minimum absolute atomic E-state index is 0.221. The second-order valence-electron chi connectivity index (χ2n) is 4.84. The Morgan fingerprint density at radius 1 is 1.60 bits per heavy atom. The van der Waals surface area contributed by atoms with E-state index in [1.165, 1.54) is 0 Å². The molecule has 0 radical (unpaired) electrons. The van der Waals surface area contributed by atoms with Crippen LogP contribution < -0.4 is 5.73 Å². The summed E-state index contributed by atoms with van der Waals surface area (Å²) in [6, 6.07) is -0.918. The molecule has 2 atom stereocenters. The molecule has 0 aromatic carbocycles. The molecule has 1 aliphatic carbocycles. The quantitative estimate of drug-likeness (QED) is 0.774. The lowest BCUT2D eigenvalue weighted by molar-refractivity contribution is -0.138. The lowest BCUT2D eigenvalue weighted by Gasteiger charge is -2.13. The number of nitrogens with two attached hydrogens (primary N) is 1. The van der Waals surface area contributed by atoms with Gasteiger partial charge in [0.25, 0.3) is 0 Å². The van der Waals surface area contributed by atoms with Crippen LogP contribution in [0.25, 0.3) is 0 Å². The van der Waals surface area contributed by atoms with Crippen molar-refractivity contribution < 1.29 is 14.6 Å². The van der Waals surface area contributed by atoms with Gasteiger partial charge in [-0.2, -0.15) is 0 Å². The molecule has 20 heavy (non-hydrogen) atoms. The second-order valence-corrected chi connectivity index (χ2v) is 4.84. The van der Waals surface area contributed by atoms with Gasteiger partial charge >= 0.3 is 5.97 Å². The average Bonchev–Trinajstić information content (AvgIpc) is 2.87. The maximum Gasteiger partial charge on any atom is 0.320 e. The highest BCUT2D eigenvalue weighted by Crippen LogP contribution is 2.12. The Morgan fingerprint density at radius 2 is 2.45 bits per heavy atom. The molecule has 0 aliphatic heterocycles. The maximum absolute atomic E-state index is 10.7. The molecule has 0 fully saturated rings. The van der Waals surface area contributed by atoms with Crippen LogP contribution in [0, 0.1) is 5.92 Å². The zero-order valence-corrected chi connectivity index (χ0v) is 11.2. The molecular formula is C14H19N3O3. The number of hydrogen-bond donors (Lipinski definition) is 2. The van der Waals surface area contributed by atoms with Gasteiger partial charge in [-0.3, -0.25) is 4.79 Å². The number of aromatic nitrogens is 2. The Kier molecular flexibility index (Phi) is 5.09. The van der Waals surface area contributed by atoms with Gasteiger partial charge in [-0.15, -0.1) is 0 Å². The van der Waals surface area contributed by atoms with E-state index in [2.05, 4.69) is 17.1 Å². The largest absolute Gasteiger partial charge is 0.480 e. The van der Waals surface area contributed by atoms with E-state index in [1.807, 2.05) is 12.2 Å². The van der Waals surface area contributed by atoms with Crippen LogP contribution in [-0.4, -0.2) is 33.3 Å². The molecule has 0 saturated heterocycles. The van der Waals surface area contributed by atoms with Crippen LogP contribution in [0.1, 0.15) is 12.1 Å². The molecule has 1 aromatic heterocycles. The fraction of sp³-hybridized carbons (Fsp3) is 0.429. The lowest BCUT2D eigenvalue weighted by Crippen LogP contribution is -2.32. The van der Waals surface area contributed by atoms with E-state index in [1.54, 1.807) is 17.1 Å². The van der Waals surface area contributed by atoms with Crippen LogP contribution in [-0.2, 0) is 22.7 Å². The SMILES string of the molecule is N[C@@H](Cc1cn(COCC2C=CC=CC2)cn1)C(=O)O. The summed E-state index contributed by atoms with van der Waals surface area (Å²) in [7, 11) is 0. The molecule has 1 aromatic rings. The summed E-state index contributed by atoms with van der Waals surface area (Å²) in [5.74, 6) is -0.601. The highest BCUT2D eigenvalue weighted by molar-refractivity contribution is 5.73. The molecule has 0 saturated carbocycles. The Balaban J connectivity index is 1.74. The lowest BCUT2D eigenvalue weighted by atomic mass is 10.0. The Labute approximate surface area is 117 Å². The fourth-order valence-corrected chi connectivity index (χ4v) is 1.96. The normalized spacial score (nSPS) is 19.1. The number of rotatable bonds is 7. The van der Waals surface area contributed by atoms with Crippen LogP contribution in [0.2, 0.25) is 0 Å². The van der Waals surface area contributed by atoms with E-state index < -0.39 is 12.0 Å². The van der Waals surface area contributed by atoms with Crippen molar-refractivity contribution in [1.82, 2.24) is 9.55 Å². The zero-order chi connectivity index (χ0) is 14.4. The average molecular weight is 277 g/mol. The van der Waals surface area contributed by atoms with E-state index in [-0.39, 0.29) is 6.42 Å². The summed E-state index contributed by atoms with van der Waals surface area (Å²) in [5.41, 5.74) is 6.12. The molecule has 1 aliphatic rings. The minimum atomic E-state index is -1.02. The van der Waals surface area contributed by atoms with Crippen LogP contribution in [0.15, 0.2) is 36.8 Å². The number of ether oxygens (including phenoxy) is 1. The summed E-state index contributed by atoms with van der Waals surface area (Å²) in [5, 5.41) is 8.74. The van der Waals surface area contributed by atoms with E-state index in [0.29, 0.717) is 24.9 Å². The van der Waals surface area contributed by atoms with Gasteiger partial charge < -0.3 is 20.1 Å². The molecule has 6 heteroatoms. The summed E-state index contributed by atoms with van der Waals surface area (Å²) >= 11 is 0. The van der Waals surface area contributed by atoms with E-state index in [9.17, 15) is 4.79 Å². The van der Waals surface area contributed by atoms with Crippen molar-refractivity contribution in [2.45, 2.75) is 25.6 Å². The van der Waals surface area contributed by atoms with Gasteiger partial charge in [0.05, 0.1) is 18.6 Å². The Hall–Kier alpha value is -1.92. The predicted octanol–water partition coefficient (Wildman–Crippen LogP) is 0.944. The Morgan fingerprint density at radius 3 is 3.15 bits per heavy atom. The number of hydrogen-bond acceptors (Lipinski definition) is 4. The molecule has 0 spiro atoms. The fourth-order valence-electron chi connectivity index (χ4n) is 1.96. The van der Waals surface area contributed by atoms with Gasteiger partial charge in [-0.1, -0.05) is 24.3 Å². The number of carboxylic acids is 1. The Bertz CT molecular complexity index is 508. The van der Waals surface area contributed by atoms with Gasteiger partial charge in [0.1, 0.15) is 12.8 Å². The van der Waals surface area contributed by atoms with Crippen LogP contribution >= 0.6 is 0 Å². The molecule has 0 bridgehead atoms. The third-order valence-corrected chi connectivity index (χ3v) is 3.07. The summed E-state index contributed by atoms with van der Waals surface area (Å²) in [4.78, 5) is 14.8. The number of imidazole rings is 1. The smallest absolute Gasteiger partial charge is 0.320 e. The van der Waals surface area contributed by atoms with E-state index >= 15 is 0 Å². The van der Waals surface area contributed by atoms with Crippen LogP contribution in [0.5, 0.6) is 0 Å². The minimum Gasteiger partial charge on any atom is -0.480 e. The third kappa shape index (κ3) is 4.32. The summed E-state index contributed by atoms with van der Waals surface area (Å²) in [6.07, 6.45) is 12.9. The first-order valence-electron chi connectivity index (χ1n) is 6.55. The van der Waals surface area contributed by atoms with Crippen molar-refractivity contribution in [1.29, 1.82) is 0 Å². The molecule has 1 unspecified atom stereocenters. The van der Waals surface area contributed by atoms with Gasteiger partial charge in [-0.05, 0) is 6.42 Å². The number of carbonyl (C=O) groups is 1. The first kappa shape index (κ1) is 14.5. The number of aliphatic carboxylic acids is 1. The highest BCUT2D eigenvalue weighted by Gasteiger charge is 2.13. The third-order valence-electron chi connectivity index (χ3n) is 3.07. The molecule has 6 nitrogen and oxygen atoms in total. The molecule has 2 rings (SSSR count). The van der Waals surface area contributed by atoms with Gasteiger partial charge in [0.15, 0.2) is 0 Å². The second kappa shape index (κ2) is 7.02. The molecular weight excluding hydrogens is 258 g/mol. The highest BCUT2D eigenvalue weighted by atomic mass is 16.5. The molecule has 0 amide bonds. The maximum atomic E-state index is 10.7. The topological polar surface area (TPSA) is 90.4 Å². The van der Waals surface area contributed by atoms with Crippen molar-refractivity contribution in [3.8, 4) is 0 Å². The summed E-state index contributed by atoms with van der Waals surface area (Å²) < 4.78 is 7.40. The molecule has 3 N–H and O–H groups in total. The molecule has 1 heterocycles. The van der Waals surface area contributed by atoms with E-state index in [4.69, 9.17) is 15.6 Å². The standard InChI is InChI=1S/C14H19N3O3/c15-13(14(18)19)6-12-7-17(9-16-12)10-20-8-11-4-2-1-3-5-11/h1-4,7,9,11,13H,5-6,8,10,15H2,(H,18,19)/t11?,13-/m0/s1. The van der Waals surface area contributed by atoms with Gasteiger partial charge in [0.2, 0.25) is 0 Å². The van der Waals surface area contributed by atoms with Crippen molar-refractivity contribution in [2.24, 2.45) is 11.7 Å². The molecule has 108 valence electrons. The number of nitrogens with zero attached hydrogens (tertiary/aromatic N) is 2. The van der Waals surface area contributed by atoms with Crippen molar-refractivity contribution >= 4 is 5.97 Å². The monoisotopic (exact) mass is 277 g/mol. The number of carboxylic acid groups (broad SMARTS) is 1. The van der Waals surface area contributed by atoms with Crippen LogP contribution in [0.4, 0.5) is 0 Å². The first-order valence-corrected chi connectivity index (χ1v) is 6.55. The van der Waals surface area contributed by atoms with Crippen molar-refractivity contribution in [3.05, 3.63) is 42.5 Å². The number of allylic oxidation sites excluding steroid dienone is 3. The van der Waals surface area contributed by atoms with Gasteiger partial charge in [0, 0.05) is 18.5 Å². The van der Waals surface area contributed by atoms with Gasteiger partial charge in [-0.25, -0.2) is 4.98 Å². The van der Waals surface area contributed by atoms with E-state index in [0.717, 1.165) is 6.42 Å². The van der Waals surface area contributed by atoms with Crippen LogP contribution in [0.3, 0.4) is 0 Å². The van der Waals surface area contributed by atoms with Crippen molar-refractivity contribution in [3.63, 3.8) is 0 Å².